The van der Waals surface area contributed by atoms with E-state index in [4.69, 9.17) is 5.73 Å². The number of allylic oxidation sites excluding steroid dienone is 1. The Morgan fingerprint density at radius 3 is 2.38 bits per heavy atom. The van der Waals surface area contributed by atoms with Crippen LogP contribution >= 0.6 is 0 Å². The van der Waals surface area contributed by atoms with Crippen LogP contribution in [0.1, 0.15) is 6.92 Å². The fourth-order valence-electron chi connectivity index (χ4n) is 0.256. The Hall–Kier alpha value is -0.920. The number of hydrogen-bond donors (Lipinski definition) is 1. The van der Waals surface area contributed by atoms with Crippen molar-refractivity contribution in [1.82, 2.24) is 4.90 Å². The SMILES string of the molecule is C=C(C)N(C)/C=C\N. The van der Waals surface area contributed by atoms with Crippen LogP contribution in [0.5, 0.6) is 0 Å². The Morgan fingerprint density at radius 1 is 1.75 bits per heavy atom. The van der Waals surface area contributed by atoms with Gasteiger partial charge in [-0.2, -0.15) is 0 Å². The van der Waals surface area contributed by atoms with Gasteiger partial charge >= 0.3 is 0 Å². The second-order valence-corrected chi connectivity index (χ2v) is 1.69. The van der Waals surface area contributed by atoms with Gasteiger partial charge < -0.3 is 10.6 Å². The molecule has 0 amide bonds. The van der Waals surface area contributed by atoms with Gasteiger partial charge in [-0.25, -0.2) is 0 Å². The molecule has 2 heteroatoms. The lowest BCUT2D eigenvalue weighted by atomic mass is 10.5. The van der Waals surface area contributed by atoms with Crippen molar-refractivity contribution in [2.24, 2.45) is 5.73 Å². The molecule has 0 spiro atoms. The zero-order chi connectivity index (χ0) is 6.57. The van der Waals surface area contributed by atoms with Crippen LogP contribution < -0.4 is 5.73 Å². The third-order valence-corrected chi connectivity index (χ3v) is 0.912. The average molecular weight is 112 g/mol. The highest BCUT2D eigenvalue weighted by molar-refractivity contribution is 4.93. The molecular formula is C6H12N2. The summed E-state index contributed by atoms with van der Waals surface area (Å²) >= 11 is 0. The molecule has 0 saturated carbocycles. The van der Waals surface area contributed by atoms with E-state index in [0.717, 1.165) is 5.70 Å². The fraction of sp³-hybridized carbons (Fsp3) is 0.333. The predicted octanol–water partition coefficient (Wildman–Crippen LogP) is 0.882. The zero-order valence-electron chi connectivity index (χ0n) is 5.39. The Balaban J connectivity index is 3.64. The summed E-state index contributed by atoms with van der Waals surface area (Å²) in [5.74, 6) is 0. The summed E-state index contributed by atoms with van der Waals surface area (Å²) in [6.07, 6.45) is 3.23. The molecule has 2 nitrogen and oxygen atoms in total. The first-order valence-electron chi connectivity index (χ1n) is 2.45. The zero-order valence-corrected chi connectivity index (χ0v) is 5.39. The Bertz CT molecular complexity index is 105. The maximum Gasteiger partial charge on any atom is 0.0189 e. The molecule has 0 rings (SSSR count). The van der Waals surface area contributed by atoms with E-state index >= 15 is 0 Å². The van der Waals surface area contributed by atoms with Crippen molar-refractivity contribution >= 4 is 0 Å². The minimum atomic E-state index is 0.978. The van der Waals surface area contributed by atoms with Gasteiger partial charge in [0, 0.05) is 25.1 Å². The van der Waals surface area contributed by atoms with Crippen molar-refractivity contribution in [3.05, 3.63) is 24.7 Å². The van der Waals surface area contributed by atoms with Gasteiger partial charge in [-0.1, -0.05) is 6.58 Å². The molecule has 46 valence electrons. The first-order valence-corrected chi connectivity index (χ1v) is 2.45. The molecule has 0 aromatic carbocycles. The normalized spacial score (nSPS) is 9.75. The molecule has 0 atom stereocenters. The summed E-state index contributed by atoms with van der Waals surface area (Å²) < 4.78 is 0. The molecule has 2 N–H and O–H groups in total. The smallest absolute Gasteiger partial charge is 0.0189 e. The van der Waals surface area contributed by atoms with E-state index in [1.165, 1.54) is 6.20 Å². The molecule has 0 radical (unpaired) electrons. The van der Waals surface area contributed by atoms with Crippen LogP contribution in [0.25, 0.3) is 0 Å². The topological polar surface area (TPSA) is 29.3 Å². The Morgan fingerprint density at radius 2 is 2.25 bits per heavy atom. The van der Waals surface area contributed by atoms with Crippen LogP contribution in [0, 0.1) is 0 Å². The van der Waals surface area contributed by atoms with Gasteiger partial charge in [0.05, 0.1) is 0 Å². The molecule has 0 saturated heterocycles. The third kappa shape index (κ3) is 2.29. The van der Waals surface area contributed by atoms with Crippen molar-refractivity contribution in [3.8, 4) is 0 Å². The van der Waals surface area contributed by atoms with Crippen molar-refractivity contribution in [3.63, 3.8) is 0 Å². The van der Waals surface area contributed by atoms with E-state index in [9.17, 15) is 0 Å². The predicted molar refractivity (Wildman–Crippen MR) is 35.9 cm³/mol. The van der Waals surface area contributed by atoms with E-state index in [-0.39, 0.29) is 0 Å². The minimum Gasteiger partial charge on any atom is -0.403 e. The van der Waals surface area contributed by atoms with Gasteiger partial charge in [-0.05, 0) is 6.92 Å². The molecule has 0 heterocycles. The molecule has 0 aromatic heterocycles. The number of nitrogens with zero attached hydrogens (tertiary/aromatic N) is 1. The minimum absolute atomic E-state index is 0.978. The van der Waals surface area contributed by atoms with E-state index in [0.29, 0.717) is 0 Å². The van der Waals surface area contributed by atoms with Crippen LogP contribution in [0.2, 0.25) is 0 Å². The second kappa shape index (κ2) is 3.13. The van der Waals surface area contributed by atoms with Gasteiger partial charge in [-0.3, -0.25) is 0 Å². The summed E-state index contributed by atoms with van der Waals surface area (Å²) in [6, 6.07) is 0. The molecule has 0 aliphatic rings. The highest BCUT2D eigenvalue weighted by Crippen LogP contribution is 1.93. The van der Waals surface area contributed by atoms with Crippen LogP contribution in [-0.2, 0) is 0 Å². The summed E-state index contributed by atoms with van der Waals surface area (Å²) in [5, 5.41) is 0. The van der Waals surface area contributed by atoms with Crippen molar-refractivity contribution in [2.45, 2.75) is 6.92 Å². The van der Waals surface area contributed by atoms with Crippen LogP contribution in [0.4, 0.5) is 0 Å². The van der Waals surface area contributed by atoms with Gasteiger partial charge in [0.2, 0.25) is 0 Å². The third-order valence-electron chi connectivity index (χ3n) is 0.912. The van der Waals surface area contributed by atoms with E-state index in [2.05, 4.69) is 6.58 Å². The van der Waals surface area contributed by atoms with E-state index in [1.54, 1.807) is 6.20 Å². The lowest BCUT2D eigenvalue weighted by Crippen LogP contribution is -2.06. The lowest BCUT2D eigenvalue weighted by molar-refractivity contribution is 0.572. The van der Waals surface area contributed by atoms with Crippen LogP contribution in [0.15, 0.2) is 24.7 Å². The van der Waals surface area contributed by atoms with Gasteiger partial charge in [0.15, 0.2) is 0 Å². The maximum atomic E-state index is 5.10. The molecule has 0 aromatic rings. The molecular weight excluding hydrogens is 100 g/mol. The van der Waals surface area contributed by atoms with E-state index in [1.807, 2.05) is 18.9 Å². The molecule has 0 aliphatic carbocycles. The summed E-state index contributed by atoms with van der Waals surface area (Å²) in [7, 11) is 1.89. The summed E-state index contributed by atoms with van der Waals surface area (Å²) in [4.78, 5) is 1.85. The molecule has 0 bridgehead atoms. The van der Waals surface area contributed by atoms with Crippen molar-refractivity contribution in [1.29, 1.82) is 0 Å². The van der Waals surface area contributed by atoms with Crippen molar-refractivity contribution < 1.29 is 0 Å². The summed E-state index contributed by atoms with van der Waals surface area (Å²) in [5.41, 5.74) is 6.08. The lowest BCUT2D eigenvalue weighted by Gasteiger charge is -2.10. The number of hydrogen-bond acceptors (Lipinski definition) is 2. The molecule has 0 unspecified atom stereocenters. The molecule has 8 heavy (non-hydrogen) atoms. The highest BCUT2D eigenvalue weighted by atomic mass is 15.1. The first-order chi connectivity index (χ1) is 3.68. The standard InChI is InChI=1S/C6H12N2/c1-6(2)8(3)5-4-7/h4-5H,1,7H2,2-3H3/b5-4-. The Kier molecular flexibility index (Phi) is 2.77. The Labute approximate surface area is 50.3 Å². The van der Waals surface area contributed by atoms with Gasteiger partial charge in [-0.15, -0.1) is 0 Å². The van der Waals surface area contributed by atoms with Crippen LogP contribution in [-0.4, -0.2) is 11.9 Å². The molecule has 0 aliphatic heterocycles. The number of nitrogens with two attached hydrogens (primary N) is 1. The average Bonchev–Trinajstić information content (AvgIpc) is 1.67. The highest BCUT2D eigenvalue weighted by Gasteiger charge is 1.84. The summed E-state index contributed by atoms with van der Waals surface area (Å²) in [6.45, 7) is 5.61. The maximum absolute atomic E-state index is 5.10. The first kappa shape index (κ1) is 7.08. The monoisotopic (exact) mass is 112 g/mol. The molecule has 0 fully saturated rings. The van der Waals surface area contributed by atoms with E-state index < -0.39 is 0 Å². The fourth-order valence-corrected chi connectivity index (χ4v) is 0.256. The largest absolute Gasteiger partial charge is 0.403 e. The van der Waals surface area contributed by atoms with Gasteiger partial charge in [0.1, 0.15) is 0 Å². The van der Waals surface area contributed by atoms with Gasteiger partial charge in [0.25, 0.3) is 0 Å². The quantitative estimate of drug-likeness (QED) is 0.574. The van der Waals surface area contributed by atoms with Crippen LogP contribution in [0.3, 0.4) is 0 Å². The number of rotatable bonds is 2. The van der Waals surface area contributed by atoms with Crippen molar-refractivity contribution in [2.75, 3.05) is 7.05 Å². The second-order valence-electron chi connectivity index (χ2n) is 1.69.